The normalized spacial score (nSPS) is 18.2. The Morgan fingerprint density at radius 1 is 0.618 bits per heavy atom. The van der Waals surface area contributed by atoms with Gasteiger partial charge in [0.2, 0.25) is 0 Å². The Hall–Kier alpha value is -4.64. The van der Waals surface area contributed by atoms with Gasteiger partial charge in [-0.3, -0.25) is 4.90 Å². The molecule has 0 bridgehead atoms. The van der Waals surface area contributed by atoms with Gasteiger partial charge in [0.25, 0.3) is 0 Å². The maximum absolute atomic E-state index is 14.1. The molecule has 5 rings (SSSR count). The molecule has 4 aromatic carbocycles. The Labute approximate surface area is 198 Å². The number of hydrogen-bond acceptors (Lipinski definition) is 2. The Kier molecular flexibility index (Phi) is 5.67. The van der Waals surface area contributed by atoms with Crippen LogP contribution in [0.3, 0.4) is 0 Å². The lowest BCUT2D eigenvalue weighted by Gasteiger charge is -2.48. The van der Waals surface area contributed by atoms with Gasteiger partial charge in [-0.2, -0.15) is 0 Å². The van der Waals surface area contributed by atoms with E-state index in [1.165, 1.54) is 4.90 Å². The molecule has 34 heavy (non-hydrogen) atoms. The Balaban J connectivity index is 1.72. The third-order valence-electron chi connectivity index (χ3n) is 5.80. The summed E-state index contributed by atoms with van der Waals surface area (Å²) in [5, 5.41) is 3.15. The molecule has 1 aliphatic rings. The van der Waals surface area contributed by atoms with E-state index in [-0.39, 0.29) is 0 Å². The summed E-state index contributed by atoms with van der Waals surface area (Å²) < 4.78 is 0. The van der Waals surface area contributed by atoms with E-state index < -0.39 is 17.7 Å². The van der Waals surface area contributed by atoms with E-state index in [4.69, 9.17) is 0 Å². The molecular weight excluding hydrogens is 422 g/mol. The minimum atomic E-state index is -1.24. The minimum Gasteiger partial charge on any atom is -0.306 e. The molecular formula is C29H23N3O2. The number of carbonyl (C=O) groups is 2. The zero-order valence-corrected chi connectivity index (χ0v) is 18.4. The van der Waals surface area contributed by atoms with Crippen molar-refractivity contribution < 1.29 is 9.59 Å². The van der Waals surface area contributed by atoms with E-state index in [1.54, 1.807) is 29.2 Å². The fourth-order valence-electron chi connectivity index (χ4n) is 4.20. The highest BCUT2D eigenvalue weighted by molar-refractivity contribution is 6.22. The first-order valence-corrected chi connectivity index (χ1v) is 11.1. The van der Waals surface area contributed by atoms with Crippen molar-refractivity contribution in [1.82, 2.24) is 5.32 Å². The number of urea groups is 2. The van der Waals surface area contributed by atoms with Gasteiger partial charge in [0.1, 0.15) is 0 Å². The molecule has 4 aromatic rings. The second-order valence-corrected chi connectivity index (χ2v) is 7.93. The molecule has 5 heteroatoms. The van der Waals surface area contributed by atoms with Crippen LogP contribution in [-0.2, 0) is 5.66 Å². The molecule has 0 aromatic heterocycles. The van der Waals surface area contributed by atoms with Gasteiger partial charge >= 0.3 is 12.1 Å². The maximum atomic E-state index is 14.1. The van der Waals surface area contributed by atoms with Crippen LogP contribution in [0.25, 0.3) is 6.08 Å². The molecule has 4 amide bonds. The smallest absolute Gasteiger partial charge is 0.306 e. The number of nitrogens with zero attached hydrogens (tertiary/aromatic N) is 2. The predicted molar refractivity (Wildman–Crippen MR) is 135 cm³/mol. The lowest BCUT2D eigenvalue weighted by Crippen LogP contribution is -2.70. The zero-order chi connectivity index (χ0) is 23.4. The van der Waals surface area contributed by atoms with Gasteiger partial charge in [-0.1, -0.05) is 103 Å². The standard InChI is InChI=1S/C29H23N3O2/c33-27-30-29(24-15-7-2-8-16-24,22-21-23-13-5-1-6-14-23)32(26-19-11-4-12-20-26)28(34)31(27)25-17-9-3-10-18-25/h1-22H,(H,30,33)/b22-21+. The number of para-hydroxylation sites is 2. The summed E-state index contributed by atoms with van der Waals surface area (Å²) in [6.45, 7) is 0. The van der Waals surface area contributed by atoms with Gasteiger partial charge in [0.15, 0.2) is 5.66 Å². The van der Waals surface area contributed by atoms with E-state index in [9.17, 15) is 9.59 Å². The summed E-state index contributed by atoms with van der Waals surface area (Å²) in [5.74, 6) is 0. The molecule has 0 saturated carbocycles. The highest BCUT2D eigenvalue weighted by atomic mass is 16.2. The second-order valence-electron chi connectivity index (χ2n) is 7.93. The van der Waals surface area contributed by atoms with Gasteiger partial charge in [-0.15, -0.1) is 0 Å². The molecule has 0 aliphatic carbocycles. The van der Waals surface area contributed by atoms with Gasteiger partial charge < -0.3 is 5.32 Å². The number of benzene rings is 4. The van der Waals surface area contributed by atoms with Crippen molar-refractivity contribution in [2.75, 3.05) is 9.80 Å². The van der Waals surface area contributed by atoms with Crippen molar-refractivity contribution >= 4 is 29.5 Å². The molecule has 166 valence electrons. The topological polar surface area (TPSA) is 52.7 Å². The van der Waals surface area contributed by atoms with Crippen molar-refractivity contribution in [2.45, 2.75) is 5.66 Å². The Bertz CT molecular complexity index is 1310. The first-order valence-electron chi connectivity index (χ1n) is 11.1. The second kappa shape index (κ2) is 9.08. The average molecular weight is 446 g/mol. The monoisotopic (exact) mass is 445 g/mol. The van der Waals surface area contributed by atoms with Crippen LogP contribution in [-0.4, -0.2) is 12.1 Å². The first-order chi connectivity index (χ1) is 16.7. The first kappa shape index (κ1) is 21.2. The molecule has 0 spiro atoms. The zero-order valence-electron chi connectivity index (χ0n) is 18.4. The third-order valence-corrected chi connectivity index (χ3v) is 5.80. The highest BCUT2D eigenvalue weighted by Crippen LogP contribution is 2.38. The summed E-state index contributed by atoms with van der Waals surface area (Å²) in [4.78, 5) is 30.4. The number of nitrogens with one attached hydrogen (secondary N) is 1. The van der Waals surface area contributed by atoms with Crippen LogP contribution < -0.4 is 15.1 Å². The molecule has 0 radical (unpaired) electrons. The van der Waals surface area contributed by atoms with Crippen LogP contribution in [0, 0.1) is 0 Å². The van der Waals surface area contributed by atoms with Crippen LogP contribution in [0.1, 0.15) is 11.1 Å². The van der Waals surface area contributed by atoms with E-state index in [1.807, 2.05) is 109 Å². The molecule has 1 saturated heterocycles. The van der Waals surface area contributed by atoms with Gasteiger partial charge in [-0.05, 0) is 35.9 Å². The molecule has 1 heterocycles. The lowest BCUT2D eigenvalue weighted by atomic mass is 9.93. The summed E-state index contributed by atoms with van der Waals surface area (Å²) in [6, 6.07) is 36.7. The fraction of sp³-hybridized carbons (Fsp3) is 0.0345. The Morgan fingerprint density at radius 2 is 1.12 bits per heavy atom. The van der Waals surface area contributed by atoms with Crippen LogP contribution in [0.15, 0.2) is 127 Å². The molecule has 1 unspecified atom stereocenters. The lowest BCUT2D eigenvalue weighted by molar-refractivity contribution is 0.215. The van der Waals surface area contributed by atoms with Gasteiger partial charge in [0, 0.05) is 11.3 Å². The summed E-state index contributed by atoms with van der Waals surface area (Å²) >= 11 is 0. The molecule has 1 N–H and O–H groups in total. The minimum absolute atomic E-state index is 0.442. The summed E-state index contributed by atoms with van der Waals surface area (Å²) in [7, 11) is 0. The molecule has 1 fully saturated rings. The van der Waals surface area contributed by atoms with Gasteiger partial charge in [-0.25, -0.2) is 14.5 Å². The fourth-order valence-corrected chi connectivity index (χ4v) is 4.20. The quantitative estimate of drug-likeness (QED) is 0.386. The van der Waals surface area contributed by atoms with E-state index in [0.29, 0.717) is 11.4 Å². The van der Waals surface area contributed by atoms with Crippen molar-refractivity contribution in [1.29, 1.82) is 0 Å². The number of anilines is 2. The molecule has 5 nitrogen and oxygen atoms in total. The maximum Gasteiger partial charge on any atom is 0.339 e. The third kappa shape index (κ3) is 3.84. The van der Waals surface area contributed by atoms with Crippen LogP contribution >= 0.6 is 0 Å². The van der Waals surface area contributed by atoms with Crippen LogP contribution in [0.4, 0.5) is 21.0 Å². The molecule has 1 atom stereocenters. The van der Waals surface area contributed by atoms with E-state index >= 15 is 0 Å². The van der Waals surface area contributed by atoms with Crippen LogP contribution in [0.5, 0.6) is 0 Å². The van der Waals surface area contributed by atoms with Gasteiger partial charge in [0.05, 0.1) is 5.69 Å². The summed E-state index contributed by atoms with van der Waals surface area (Å²) in [6.07, 6.45) is 3.80. The van der Waals surface area contributed by atoms with E-state index in [2.05, 4.69) is 5.32 Å². The number of imide groups is 1. The van der Waals surface area contributed by atoms with Crippen molar-refractivity contribution in [3.05, 3.63) is 139 Å². The van der Waals surface area contributed by atoms with Crippen molar-refractivity contribution in [3.8, 4) is 0 Å². The highest BCUT2D eigenvalue weighted by Gasteiger charge is 2.50. The van der Waals surface area contributed by atoms with E-state index in [0.717, 1.165) is 11.1 Å². The SMILES string of the molecule is O=C1NC(/C=C/c2ccccc2)(c2ccccc2)N(c2ccccc2)C(=O)N1c1ccccc1. The molecule has 1 aliphatic heterocycles. The average Bonchev–Trinajstić information content (AvgIpc) is 2.89. The van der Waals surface area contributed by atoms with Crippen LogP contribution in [0.2, 0.25) is 0 Å². The number of amides is 4. The van der Waals surface area contributed by atoms with Crippen molar-refractivity contribution in [2.24, 2.45) is 0 Å². The number of carbonyl (C=O) groups excluding carboxylic acids is 2. The van der Waals surface area contributed by atoms with Crippen molar-refractivity contribution in [3.63, 3.8) is 0 Å². The largest absolute Gasteiger partial charge is 0.339 e. The predicted octanol–water partition coefficient (Wildman–Crippen LogP) is 6.41. The number of rotatable bonds is 5. The number of hydrogen-bond donors (Lipinski definition) is 1. The Morgan fingerprint density at radius 3 is 1.71 bits per heavy atom. The summed E-state index contributed by atoms with van der Waals surface area (Å²) in [5.41, 5.74) is 1.64.